The first-order chi connectivity index (χ1) is 13.9. The molecule has 0 aliphatic carbocycles. The highest BCUT2D eigenvalue weighted by Crippen LogP contribution is 2.20. The van der Waals surface area contributed by atoms with E-state index >= 15 is 0 Å². The molecular weight excluding hydrogens is 397 g/mol. The quantitative estimate of drug-likeness (QED) is 0.667. The Hall–Kier alpha value is -3.19. The minimum Gasteiger partial charge on any atom is -0.496 e. The predicted molar refractivity (Wildman–Crippen MR) is 109 cm³/mol. The molecule has 0 aliphatic heterocycles. The minimum atomic E-state index is -0.660. The zero-order chi connectivity index (χ0) is 21.0. The van der Waals surface area contributed by atoms with Crippen LogP contribution in [0.15, 0.2) is 53.3 Å². The van der Waals surface area contributed by atoms with Gasteiger partial charge in [0.25, 0.3) is 5.56 Å². The highest BCUT2D eigenvalue weighted by Gasteiger charge is 2.14. The SMILES string of the molecule is COc1ccccc1Cc1cc(C)nn(CC(=O)Nc2ccc(Cl)cc2F)c1=O. The van der Waals surface area contributed by atoms with Crippen LogP contribution in [0.5, 0.6) is 5.75 Å². The number of carbonyl (C=O) groups is 1. The molecule has 0 fully saturated rings. The van der Waals surface area contributed by atoms with Gasteiger partial charge in [-0.3, -0.25) is 9.59 Å². The third-order valence-corrected chi connectivity index (χ3v) is 4.48. The normalized spacial score (nSPS) is 10.6. The molecule has 1 heterocycles. The summed E-state index contributed by atoms with van der Waals surface area (Å²) in [5.74, 6) is -0.564. The second-order valence-corrected chi connectivity index (χ2v) is 6.87. The smallest absolute Gasteiger partial charge is 0.270 e. The van der Waals surface area contributed by atoms with Crippen molar-refractivity contribution in [3.05, 3.63) is 86.5 Å². The van der Waals surface area contributed by atoms with Crippen LogP contribution in [0.2, 0.25) is 5.02 Å². The molecule has 8 heteroatoms. The number of rotatable bonds is 6. The second kappa shape index (κ2) is 8.87. The first kappa shape index (κ1) is 20.5. The van der Waals surface area contributed by atoms with E-state index in [0.29, 0.717) is 23.4 Å². The van der Waals surface area contributed by atoms with Crippen LogP contribution in [0.1, 0.15) is 16.8 Å². The van der Waals surface area contributed by atoms with E-state index in [0.717, 1.165) is 16.3 Å². The second-order valence-electron chi connectivity index (χ2n) is 6.43. The molecule has 6 nitrogen and oxygen atoms in total. The van der Waals surface area contributed by atoms with Crippen molar-refractivity contribution < 1.29 is 13.9 Å². The zero-order valence-electron chi connectivity index (χ0n) is 15.9. The summed E-state index contributed by atoms with van der Waals surface area (Å²) in [6, 6.07) is 13.0. The molecule has 0 radical (unpaired) electrons. The number of methoxy groups -OCH3 is 1. The predicted octanol–water partition coefficient (Wildman–Crippen LogP) is 3.58. The molecule has 0 atom stereocenters. The molecule has 0 bridgehead atoms. The summed E-state index contributed by atoms with van der Waals surface area (Å²) >= 11 is 5.71. The molecule has 1 aromatic heterocycles. The van der Waals surface area contributed by atoms with Gasteiger partial charge in [-0.2, -0.15) is 5.10 Å². The summed E-state index contributed by atoms with van der Waals surface area (Å²) < 4.78 is 20.3. The largest absolute Gasteiger partial charge is 0.496 e. The summed E-state index contributed by atoms with van der Waals surface area (Å²) in [4.78, 5) is 25.1. The Bertz CT molecular complexity index is 1110. The van der Waals surface area contributed by atoms with Gasteiger partial charge in [0.2, 0.25) is 5.91 Å². The van der Waals surface area contributed by atoms with E-state index in [-0.39, 0.29) is 17.3 Å². The minimum absolute atomic E-state index is 0.0191. The lowest BCUT2D eigenvalue weighted by Gasteiger charge is -2.11. The Labute approximate surface area is 171 Å². The summed E-state index contributed by atoms with van der Waals surface area (Å²) in [5, 5.41) is 6.78. The molecule has 3 aromatic rings. The Morgan fingerprint density at radius 3 is 2.69 bits per heavy atom. The van der Waals surface area contributed by atoms with Gasteiger partial charge < -0.3 is 10.1 Å². The third kappa shape index (κ3) is 5.00. The highest BCUT2D eigenvalue weighted by molar-refractivity contribution is 6.30. The first-order valence-corrected chi connectivity index (χ1v) is 9.19. The summed E-state index contributed by atoms with van der Waals surface area (Å²) in [6.07, 6.45) is 0.333. The van der Waals surface area contributed by atoms with E-state index in [9.17, 15) is 14.0 Å². The number of benzene rings is 2. The molecule has 2 aromatic carbocycles. The number of aromatic nitrogens is 2. The van der Waals surface area contributed by atoms with Crippen LogP contribution in [-0.2, 0) is 17.8 Å². The Morgan fingerprint density at radius 2 is 1.97 bits per heavy atom. The fourth-order valence-corrected chi connectivity index (χ4v) is 3.11. The van der Waals surface area contributed by atoms with Crippen LogP contribution >= 0.6 is 11.6 Å². The fourth-order valence-electron chi connectivity index (χ4n) is 2.95. The van der Waals surface area contributed by atoms with Gasteiger partial charge in [-0.1, -0.05) is 29.8 Å². The maximum absolute atomic E-state index is 13.9. The van der Waals surface area contributed by atoms with Crippen LogP contribution in [0.4, 0.5) is 10.1 Å². The Morgan fingerprint density at radius 1 is 1.21 bits per heavy atom. The molecule has 0 spiro atoms. The lowest BCUT2D eigenvalue weighted by atomic mass is 10.1. The maximum Gasteiger partial charge on any atom is 0.270 e. The average molecular weight is 416 g/mol. The molecule has 0 aliphatic rings. The van der Waals surface area contributed by atoms with Crippen molar-refractivity contribution in [2.45, 2.75) is 19.9 Å². The number of carbonyl (C=O) groups excluding carboxylic acids is 1. The van der Waals surface area contributed by atoms with Crippen molar-refractivity contribution >= 4 is 23.2 Å². The van der Waals surface area contributed by atoms with Crippen molar-refractivity contribution in [3.63, 3.8) is 0 Å². The summed E-state index contributed by atoms with van der Waals surface area (Å²) in [5.41, 5.74) is 1.49. The van der Waals surface area contributed by atoms with Crippen molar-refractivity contribution in [2.75, 3.05) is 12.4 Å². The monoisotopic (exact) mass is 415 g/mol. The summed E-state index contributed by atoms with van der Waals surface area (Å²) in [7, 11) is 1.56. The topological polar surface area (TPSA) is 73.2 Å². The number of hydrogen-bond acceptors (Lipinski definition) is 4. The van der Waals surface area contributed by atoms with Crippen molar-refractivity contribution in [3.8, 4) is 5.75 Å². The van der Waals surface area contributed by atoms with Gasteiger partial charge in [-0.25, -0.2) is 9.07 Å². The van der Waals surface area contributed by atoms with Crippen LogP contribution in [0.25, 0.3) is 0 Å². The van der Waals surface area contributed by atoms with E-state index in [1.54, 1.807) is 20.1 Å². The molecule has 0 saturated carbocycles. The van der Waals surface area contributed by atoms with E-state index in [2.05, 4.69) is 10.4 Å². The standard InChI is InChI=1S/C21H19ClFN3O3/c1-13-9-15(10-14-5-3-4-6-19(14)29-2)21(28)26(25-13)12-20(27)24-18-8-7-16(22)11-17(18)23/h3-9,11H,10,12H2,1-2H3,(H,24,27). The van der Waals surface area contributed by atoms with Gasteiger partial charge >= 0.3 is 0 Å². The highest BCUT2D eigenvalue weighted by atomic mass is 35.5. The van der Waals surface area contributed by atoms with Crippen LogP contribution in [0, 0.1) is 12.7 Å². The average Bonchev–Trinajstić information content (AvgIpc) is 2.68. The lowest BCUT2D eigenvalue weighted by molar-refractivity contribution is -0.117. The fraction of sp³-hybridized carbons (Fsp3) is 0.190. The number of ether oxygens (including phenoxy) is 1. The molecule has 1 amide bonds. The number of hydrogen-bond donors (Lipinski definition) is 1. The molecule has 3 rings (SSSR count). The molecule has 1 N–H and O–H groups in total. The maximum atomic E-state index is 13.9. The number of para-hydroxylation sites is 1. The first-order valence-electron chi connectivity index (χ1n) is 8.82. The number of nitrogens with one attached hydrogen (secondary N) is 1. The van der Waals surface area contributed by atoms with Crippen LogP contribution < -0.4 is 15.6 Å². The number of nitrogens with zero attached hydrogens (tertiary/aromatic N) is 2. The molecule has 150 valence electrons. The number of halogens is 2. The Balaban J connectivity index is 1.83. The zero-order valence-corrected chi connectivity index (χ0v) is 16.7. The summed E-state index contributed by atoms with van der Waals surface area (Å²) in [6.45, 7) is 1.39. The number of amides is 1. The van der Waals surface area contributed by atoms with E-state index in [1.165, 1.54) is 12.1 Å². The molecule has 29 heavy (non-hydrogen) atoms. The van der Waals surface area contributed by atoms with E-state index in [1.807, 2.05) is 24.3 Å². The molecular formula is C21H19ClFN3O3. The van der Waals surface area contributed by atoms with Crippen molar-refractivity contribution in [2.24, 2.45) is 0 Å². The molecule has 0 saturated heterocycles. The van der Waals surface area contributed by atoms with E-state index in [4.69, 9.17) is 16.3 Å². The van der Waals surface area contributed by atoms with Crippen molar-refractivity contribution in [1.29, 1.82) is 0 Å². The lowest BCUT2D eigenvalue weighted by Crippen LogP contribution is -2.32. The van der Waals surface area contributed by atoms with Gasteiger partial charge in [-0.05, 0) is 42.8 Å². The van der Waals surface area contributed by atoms with Gasteiger partial charge in [0.05, 0.1) is 18.5 Å². The Kier molecular flexibility index (Phi) is 6.29. The van der Waals surface area contributed by atoms with Crippen LogP contribution in [0.3, 0.4) is 0 Å². The number of aryl methyl sites for hydroxylation is 1. The van der Waals surface area contributed by atoms with Gasteiger partial charge in [0, 0.05) is 17.0 Å². The third-order valence-electron chi connectivity index (χ3n) is 4.24. The molecule has 0 unspecified atom stereocenters. The van der Waals surface area contributed by atoms with Crippen molar-refractivity contribution in [1.82, 2.24) is 9.78 Å². The number of anilines is 1. The van der Waals surface area contributed by atoms with Gasteiger partial charge in [-0.15, -0.1) is 0 Å². The van der Waals surface area contributed by atoms with E-state index < -0.39 is 17.3 Å². The van der Waals surface area contributed by atoms with Crippen LogP contribution in [-0.4, -0.2) is 22.8 Å². The van der Waals surface area contributed by atoms with Gasteiger partial charge in [0.15, 0.2) is 0 Å². The van der Waals surface area contributed by atoms with Gasteiger partial charge in [0.1, 0.15) is 18.1 Å².